The fraction of sp³-hybridized carbons (Fsp3) is 0.158. The van der Waals surface area contributed by atoms with Crippen LogP contribution >= 0.6 is 12.4 Å². The Bertz CT molecular complexity index is 1230. The molecule has 0 aliphatic heterocycles. The number of benzene rings is 1. The van der Waals surface area contributed by atoms with Gasteiger partial charge >= 0.3 is 6.18 Å². The highest BCUT2D eigenvalue weighted by molar-refractivity contribution is 5.92. The number of hydrogen-bond acceptors (Lipinski definition) is 5. The molecule has 0 saturated heterocycles. The summed E-state index contributed by atoms with van der Waals surface area (Å²) in [6.07, 6.45) is -1.86. The molecule has 1 atom stereocenters. The summed E-state index contributed by atoms with van der Waals surface area (Å²) in [5.41, 5.74) is 1.23. The number of aromatic nitrogens is 5. The molecule has 1 unspecified atom stereocenters. The summed E-state index contributed by atoms with van der Waals surface area (Å²) in [4.78, 5) is 19.6. The highest BCUT2D eigenvalue weighted by Gasteiger charge is 2.38. The predicted molar refractivity (Wildman–Crippen MR) is 109 cm³/mol. The van der Waals surface area contributed by atoms with Crippen LogP contribution in [0.2, 0.25) is 0 Å². The molecule has 0 spiro atoms. The molecule has 0 saturated carbocycles. The van der Waals surface area contributed by atoms with E-state index in [1.165, 1.54) is 6.07 Å². The lowest BCUT2D eigenvalue weighted by Crippen LogP contribution is -2.24. The molecule has 156 valence electrons. The number of halogens is 4. The second-order valence-electron chi connectivity index (χ2n) is 6.38. The van der Waals surface area contributed by atoms with Crippen molar-refractivity contribution < 1.29 is 13.2 Å². The van der Waals surface area contributed by atoms with Crippen LogP contribution in [0.1, 0.15) is 13.0 Å². The largest absolute Gasteiger partial charge is 0.408 e. The number of pyridine rings is 2. The first-order valence-electron chi connectivity index (χ1n) is 8.65. The van der Waals surface area contributed by atoms with Crippen LogP contribution in [-0.2, 0) is 0 Å². The summed E-state index contributed by atoms with van der Waals surface area (Å²) < 4.78 is 40.3. The Morgan fingerprint density at radius 3 is 2.67 bits per heavy atom. The average molecular weight is 437 g/mol. The Kier molecular flexibility index (Phi) is 5.79. The first-order valence-corrected chi connectivity index (χ1v) is 8.65. The van der Waals surface area contributed by atoms with Gasteiger partial charge in [0.2, 0.25) is 0 Å². The van der Waals surface area contributed by atoms with Crippen molar-refractivity contribution in [3.63, 3.8) is 0 Å². The molecule has 7 nitrogen and oxygen atoms in total. The zero-order chi connectivity index (χ0) is 20.6. The summed E-state index contributed by atoms with van der Waals surface area (Å²) in [7, 11) is 0. The Morgan fingerprint density at radius 2 is 1.90 bits per heavy atom. The molecular formula is C19H16ClF3N6O. The molecule has 3 aromatic heterocycles. The maximum absolute atomic E-state index is 13.1. The van der Waals surface area contributed by atoms with Crippen molar-refractivity contribution in [3.05, 3.63) is 65.2 Å². The minimum Gasteiger partial charge on any atom is -0.361 e. The molecule has 3 heterocycles. The number of nitrogens with one attached hydrogen (secondary N) is 2. The van der Waals surface area contributed by atoms with Crippen LogP contribution in [0.3, 0.4) is 0 Å². The van der Waals surface area contributed by atoms with Crippen LogP contribution in [0.5, 0.6) is 0 Å². The molecule has 0 bridgehead atoms. The SMILES string of the molecule is CC(n1cnnc1-c1cccc(Nc2cccc3[nH]ccc(=O)c23)n1)C(F)(F)F.Cl. The normalized spacial score (nSPS) is 12.4. The minimum absolute atomic E-state index is 0. The average Bonchev–Trinajstić information content (AvgIpc) is 3.17. The molecule has 0 aliphatic rings. The van der Waals surface area contributed by atoms with Crippen LogP contribution in [0.25, 0.3) is 22.4 Å². The van der Waals surface area contributed by atoms with E-state index in [9.17, 15) is 18.0 Å². The van der Waals surface area contributed by atoms with Crippen LogP contribution in [0.4, 0.5) is 24.7 Å². The molecule has 11 heteroatoms. The Balaban J connectivity index is 0.00000256. The molecule has 4 rings (SSSR count). The van der Waals surface area contributed by atoms with Crippen LogP contribution < -0.4 is 10.7 Å². The lowest BCUT2D eigenvalue weighted by molar-refractivity contribution is -0.162. The maximum Gasteiger partial charge on any atom is 0.408 e. The minimum atomic E-state index is -4.45. The van der Waals surface area contributed by atoms with E-state index in [0.717, 1.165) is 17.8 Å². The number of nitrogens with zero attached hydrogens (tertiary/aromatic N) is 4. The molecule has 0 radical (unpaired) electrons. The maximum atomic E-state index is 13.1. The second kappa shape index (κ2) is 8.15. The van der Waals surface area contributed by atoms with Crippen molar-refractivity contribution in [1.29, 1.82) is 0 Å². The number of fused-ring (bicyclic) bond motifs is 1. The van der Waals surface area contributed by atoms with Gasteiger partial charge in [0.05, 0.1) is 16.6 Å². The Morgan fingerprint density at radius 1 is 1.13 bits per heavy atom. The standard InChI is InChI=1S/C19H15F3N6O.ClH/c1-11(19(20,21)22)28-10-24-27-18(28)14-6-3-7-16(26-14)25-13-5-2-4-12-17(13)15(29)8-9-23-12;/h2-11H,1H3,(H,23,29)(H,25,26);1H. The molecule has 0 aliphatic carbocycles. The third-order valence-corrected chi connectivity index (χ3v) is 4.49. The van der Waals surface area contributed by atoms with Gasteiger partial charge in [0, 0.05) is 12.3 Å². The highest BCUT2D eigenvalue weighted by Crippen LogP contribution is 2.32. The number of alkyl halides is 3. The van der Waals surface area contributed by atoms with Gasteiger partial charge in [-0.25, -0.2) is 4.98 Å². The third-order valence-electron chi connectivity index (χ3n) is 4.49. The fourth-order valence-electron chi connectivity index (χ4n) is 2.97. The first-order chi connectivity index (χ1) is 13.8. The lowest BCUT2D eigenvalue weighted by atomic mass is 10.1. The van der Waals surface area contributed by atoms with Gasteiger partial charge in [0.15, 0.2) is 11.3 Å². The Hall–Kier alpha value is -3.40. The van der Waals surface area contributed by atoms with Crippen LogP contribution in [-0.4, -0.2) is 30.9 Å². The number of H-pyrrole nitrogens is 1. The van der Waals surface area contributed by atoms with Gasteiger partial charge in [-0.15, -0.1) is 22.6 Å². The topological polar surface area (TPSA) is 88.5 Å². The number of rotatable bonds is 4. The van der Waals surface area contributed by atoms with E-state index in [-0.39, 0.29) is 29.4 Å². The van der Waals surface area contributed by atoms with E-state index in [2.05, 4.69) is 25.5 Å². The number of aromatic amines is 1. The monoisotopic (exact) mass is 436 g/mol. The van der Waals surface area contributed by atoms with Crippen molar-refractivity contribution in [2.24, 2.45) is 0 Å². The van der Waals surface area contributed by atoms with Crippen molar-refractivity contribution in [1.82, 2.24) is 24.7 Å². The van der Waals surface area contributed by atoms with E-state index in [0.29, 0.717) is 22.4 Å². The summed E-state index contributed by atoms with van der Waals surface area (Å²) in [5.74, 6) is 0.349. The molecule has 2 N–H and O–H groups in total. The van der Waals surface area contributed by atoms with Crippen molar-refractivity contribution in [2.45, 2.75) is 19.1 Å². The van der Waals surface area contributed by atoms with Gasteiger partial charge in [-0.2, -0.15) is 13.2 Å². The molecule has 1 aromatic carbocycles. The van der Waals surface area contributed by atoms with Gasteiger partial charge in [-0.3, -0.25) is 4.79 Å². The van der Waals surface area contributed by atoms with E-state index >= 15 is 0 Å². The zero-order valence-electron chi connectivity index (χ0n) is 15.5. The summed E-state index contributed by atoms with van der Waals surface area (Å²) >= 11 is 0. The van der Waals surface area contributed by atoms with Crippen molar-refractivity contribution >= 4 is 34.8 Å². The highest BCUT2D eigenvalue weighted by atomic mass is 35.5. The molecular weight excluding hydrogens is 421 g/mol. The second-order valence-corrected chi connectivity index (χ2v) is 6.38. The molecule has 4 aromatic rings. The molecule has 30 heavy (non-hydrogen) atoms. The van der Waals surface area contributed by atoms with Gasteiger partial charge in [-0.1, -0.05) is 12.1 Å². The van der Waals surface area contributed by atoms with Gasteiger partial charge < -0.3 is 14.9 Å². The quantitative estimate of drug-likeness (QED) is 0.492. The summed E-state index contributed by atoms with van der Waals surface area (Å²) in [6.45, 7) is 1.03. The van der Waals surface area contributed by atoms with E-state index in [1.807, 2.05) is 0 Å². The van der Waals surface area contributed by atoms with Crippen molar-refractivity contribution in [3.8, 4) is 11.5 Å². The van der Waals surface area contributed by atoms with Gasteiger partial charge in [-0.05, 0) is 31.2 Å². The van der Waals surface area contributed by atoms with Gasteiger partial charge in [0.1, 0.15) is 23.9 Å². The predicted octanol–water partition coefficient (Wildman–Crippen LogP) is 4.47. The molecule has 0 fully saturated rings. The van der Waals surface area contributed by atoms with Crippen LogP contribution in [0.15, 0.2) is 59.8 Å². The van der Waals surface area contributed by atoms with E-state index in [4.69, 9.17) is 0 Å². The van der Waals surface area contributed by atoms with Crippen LogP contribution in [0, 0.1) is 0 Å². The van der Waals surface area contributed by atoms with E-state index < -0.39 is 12.2 Å². The number of hydrogen-bond donors (Lipinski definition) is 2. The first kappa shape index (κ1) is 21.3. The fourth-order valence-corrected chi connectivity index (χ4v) is 2.97. The Labute approximate surface area is 174 Å². The zero-order valence-corrected chi connectivity index (χ0v) is 16.3. The van der Waals surface area contributed by atoms with Crippen molar-refractivity contribution in [2.75, 3.05) is 5.32 Å². The lowest BCUT2D eigenvalue weighted by Gasteiger charge is -2.18. The third kappa shape index (κ3) is 3.99. The van der Waals surface area contributed by atoms with Gasteiger partial charge in [0.25, 0.3) is 0 Å². The number of anilines is 2. The smallest absolute Gasteiger partial charge is 0.361 e. The summed E-state index contributed by atoms with van der Waals surface area (Å²) in [5, 5.41) is 10.9. The molecule has 0 amide bonds. The summed E-state index contributed by atoms with van der Waals surface area (Å²) in [6, 6.07) is 9.70. The van der Waals surface area contributed by atoms with E-state index in [1.54, 1.807) is 42.6 Å².